The van der Waals surface area contributed by atoms with E-state index in [0.717, 1.165) is 18.5 Å². The van der Waals surface area contributed by atoms with E-state index in [9.17, 15) is 0 Å². The lowest BCUT2D eigenvalue weighted by molar-refractivity contribution is 1.05. The van der Waals surface area contributed by atoms with Crippen molar-refractivity contribution in [3.63, 3.8) is 0 Å². The normalized spacial score (nSPS) is 20.9. The molecule has 0 aromatic carbocycles. The molecule has 2 N–H and O–H groups in total. The summed E-state index contributed by atoms with van der Waals surface area (Å²) >= 11 is 0. The molecular formula is C9H12N2. The maximum Gasteiger partial charge on any atom is 0.0687 e. The van der Waals surface area contributed by atoms with Crippen LogP contribution in [0.1, 0.15) is 12.8 Å². The van der Waals surface area contributed by atoms with E-state index in [1.807, 2.05) is 18.2 Å². The molecule has 0 radical (unpaired) electrons. The van der Waals surface area contributed by atoms with Gasteiger partial charge in [-0.2, -0.15) is 0 Å². The van der Waals surface area contributed by atoms with Crippen molar-refractivity contribution in [3.8, 4) is 0 Å². The van der Waals surface area contributed by atoms with Gasteiger partial charge in [-0.25, -0.2) is 4.99 Å². The molecule has 0 unspecified atom stereocenters. The molecule has 1 aliphatic heterocycles. The third kappa shape index (κ3) is 3.43. The summed E-state index contributed by atoms with van der Waals surface area (Å²) in [6, 6.07) is 0. The van der Waals surface area contributed by atoms with Gasteiger partial charge in [0.15, 0.2) is 0 Å². The van der Waals surface area contributed by atoms with Crippen LogP contribution in [0, 0.1) is 0 Å². The van der Waals surface area contributed by atoms with Gasteiger partial charge in [-0.15, -0.1) is 0 Å². The topological polar surface area (TPSA) is 38.4 Å². The van der Waals surface area contributed by atoms with Crippen LogP contribution >= 0.6 is 0 Å². The molecule has 0 amide bonds. The van der Waals surface area contributed by atoms with Crippen molar-refractivity contribution < 1.29 is 0 Å². The van der Waals surface area contributed by atoms with Crippen LogP contribution < -0.4 is 5.73 Å². The minimum atomic E-state index is 0.632. The molecule has 0 atom stereocenters. The minimum absolute atomic E-state index is 0.632. The second-order valence-corrected chi connectivity index (χ2v) is 2.36. The van der Waals surface area contributed by atoms with Crippen molar-refractivity contribution in [1.82, 2.24) is 0 Å². The van der Waals surface area contributed by atoms with Crippen molar-refractivity contribution in [2.45, 2.75) is 12.8 Å². The molecule has 0 saturated heterocycles. The quantitative estimate of drug-likeness (QED) is 0.554. The van der Waals surface area contributed by atoms with E-state index >= 15 is 0 Å². The SMILES string of the molecule is NC1=CCN=C=CCC/C=C\1. The van der Waals surface area contributed by atoms with Crippen LogP contribution in [0.15, 0.2) is 35.0 Å². The molecule has 0 saturated carbocycles. The van der Waals surface area contributed by atoms with Gasteiger partial charge in [0.05, 0.1) is 6.54 Å². The summed E-state index contributed by atoms with van der Waals surface area (Å²) in [7, 11) is 0. The fourth-order valence-corrected chi connectivity index (χ4v) is 0.800. The number of hydrogen-bond acceptors (Lipinski definition) is 2. The number of rotatable bonds is 0. The van der Waals surface area contributed by atoms with Crippen molar-refractivity contribution >= 4 is 5.87 Å². The highest BCUT2D eigenvalue weighted by atomic mass is 14.7. The van der Waals surface area contributed by atoms with Gasteiger partial charge in [0, 0.05) is 5.70 Å². The largest absolute Gasteiger partial charge is 0.399 e. The highest BCUT2D eigenvalue weighted by molar-refractivity contribution is 5.51. The van der Waals surface area contributed by atoms with Crippen molar-refractivity contribution in [2.24, 2.45) is 10.7 Å². The molecule has 58 valence electrons. The molecule has 11 heavy (non-hydrogen) atoms. The Kier molecular flexibility index (Phi) is 3.23. The number of nitrogens with two attached hydrogens (primary N) is 1. The smallest absolute Gasteiger partial charge is 0.0687 e. The second kappa shape index (κ2) is 4.53. The van der Waals surface area contributed by atoms with E-state index in [-0.39, 0.29) is 0 Å². The van der Waals surface area contributed by atoms with Gasteiger partial charge in [-0.05, 0) is 36.9 Å². The summed E-state index contributed by atoms with van der Waals surface area (Å²) in [5.41, 5.74) is 6.39. The monoisotopic (exact) mass is 148 g/mol. The number of hydrogen-bond donors (Lipinski definition) is 1. The Labute approximate surface area is 66.8 Å². The molecule has 0 fully saturated rings. The first-order chi connectivity index (χ1) is 5.39. The molecule has 0 aliphatic carbocycles. The number of allylic oxidation sites excluding steroid dienone is 3. The second-order valence-electron chi connectivity index (χ2n) is 2.36. The summed E-state index contributed by atoms with van der Waals surface area (Å²) in [5, 5.41) is 0. The van der Waals surface area contributed by atoms with Gasteiger partial charge >= 0.3 is 0 Å². The maximum atomic E-state index is 5.60. The van der Waals surface area contributed by atoms with E-state index < -0.39 is 0 Å². The molecule has 1 heterocycles. The summed E-state index contributed by atoms with van der Waals surface area (Å²) < 4.78 is 0. The Morgan fingerprint density at radius 1 is 1.45 bits per heavy atom. The molecule has 0 aromatic heterocycles. The van der Waals surface area contributed by atoms with Crippen LogP contribution in [-0.2, 0) is 0 Å². The number of nitrogens with zero attached hydrogens (tertiary/aromatic N) is 1. The van der Waals surface area contributed by atoms with Gasteiger partial charge < -0.3 is 5.73 Å². The first-order valence-electron chi connectivity index (χ1n) is 3.75. The summed E-state index contributed by atoms with van der Waals surface area (Å²) in [6.07, 6.45) is 9.82. The van der Waals surface area contributed by atoms with Gasteiger partial charge in [-0.1, -0.05) is 6.08 Å². The van der Waals surface area contributed by atoms with E-state index in [1.54, 1.807) is 0 Å². The molecule has 2 heteroatoms. The minimum Gasteiger partial charge on any atom is -0.399 e. The van der Waals surface area contributed by atoms with Crippen LogP contribution in [0.3, 0.4) is 0 Å². The molecule has 1 aliphatic rings. The lowest BCUT2D eigenvalue weighted by Crippen LogP contribution is -1.93. The molecule has 2 nitrogen and oxygen atoms in total. The fourth-order valence-electron chi connectivity index (χ4n) is 0.800. The first-order valence-corrected chi connectivity index (χ1v) is 3.75. The average Bonchev–Trinajstić information content (AvgIpc) is 2.03. The van der Waals surface area contributed by atoms with Crippen LogP contribution in [0.4, 0.5) is 0 Å². The third-order valence-electron chi connectivity index (χ3n) is 1.39. The van der Waals surface area contributed by atoms with Crippen molar-refractivity contribution in [3.05, 3.63) is 30.0 Å². The predicted octanol–water partition coefficient (Wildman–Crippen LogP) is 1.40. The zero-order valence-corrected chi connectivity index (χ0v) is 6.46. The maximum absolute atomic E-state index is 5.60. The molecule has 0 bridgehead atoms. The highest BCUT2D eigenvalue weighted by Gasteiger charge is 1.83. The van der Waals surface area contributed by atoms with E-state index in [1.165, 1.54) is 0 Å². The highest BCUT2D eigenvalue weighted by Crippen LogP contribution is 1.95. The Morgan fingerprint density at radius 2 is 2.36 bits per heavy atom. The predicted molar refractivity (Wildman–Crippen MR) is 47.5 cm³/mol. The van der Waals surface area contributed by atoms with Crippen molar-refractivity contribution in [2.75, 3.05) is 6.54 Å². The van der Waals surface area contributed by atoms with Gasteiger partial charge in [0.1, 0.15) is 0 Å². The molecular weight excluding hydrogens is 136 g/mol. The van der Waals surface area contributed by atoms with Crippen LogP contribution in [0.25, 0.3) is 0 Å². The van der Waals surface area contributed by atoms with Crippen LogP contribution in [0.2, 0.25) is 0 Å². The van der Waals surface area contributed by atoms with E-state index in [2.05, 4.69) is 16.9 Å². The van der Waals surface area contributed by atoms with E-state index in [4.69, 9.17) is 5.73 Å². The van der Waals surface area contributed by atoms with E-state index in [0.29, 0.717) is 6.54 Å². The van der Waals surface area contributed by atoms with Crippen LogP contribution in [0.5, 0.6) is 0 Å². The van der Waals surface area contributed by atoms with Gasteiger partial charge in [-0.3, -0.25) is 0 Å². The third-order valence-corrected chi connectivity index (χ3v) is 1.39. The lowest BCUT2D eigenvalue weighted by atomic mass is 10.2. The zero-order chi connectivity index (χ0) is 7.94. The standard InChI is InChI=1S/C9H12N2/c10-9-5-3-1-2-4-7-11-8-6-9/h3-6H,1-2,8,10H2/b5-3-,9-6?. The molecule has 0 spiro atoms. The zero-order valence-electron chi connectivity index (χ0n) is 6.46. The lowest BCUT2D eigenvalue weighted by Gasteiger charge is -1.91. The Balaban J connectivity index is 2.64. The summed E-state index contributed by atoms with van der Waals surface area (Å²) in [5.74, 6) is 2.84. The Bertz CT molecular complexity index is 230. The Hall–Kier alpha value is -1.27. The average molecular weight is 148 g/mol. The summed E-state index contributed by atoms with van der Waals surface area (Å²) in [4.78, 5) is 3.99. The molecule has 0 aromatic rings. The van der Waals surface area contributed by atoms with Crippen LogP contribution in [-0.4, -0.2) is 12.4 Å². The first kappa shape index (κ1) is 7.83. The van der Waals surface area contributed by atoms with Crippen molar-refractivity contribution in [1.29, 1.82) is 0 Å². The Morgan fingerprint density at radius 3 is 3.27 bits per heavy atom. The van der Waals surface area contributed by atoms with Gasteiger partial charge in [0.2, 0.25) is 0 Å². The summed E-state index contributed by atoms with van der Waals surface area (Å²) in [6.45, 7) is 0.632. The molecule has 1 rings (SSSR count). The number of aliphatic imine (C=N–C) groups is 1. The fraction of sp³-hybridized carbons (Fsp3) is 0.333. The van der Waals surface area contributed by atoms with Gasteiger partial charge in [0.25, 0.3) is 0 Å².